The SMILES string of the molecule is C=C(OCC)c1nc(Cl)nc2ccc(OC)cc12.C=[C](OCC)[Sn]([CH2]CCC)([CH2]CCC)[CH2]CCC.COc1ccc2nc(Cl)nc(Cl)c2c1. The van der Waals surface area contributed by atoms with E-state index in [4.69, 9.17) is 53.8 Å². The maximum atomic E-state index is 5.90. The fraction of sp³-hybridized carbons (Fsp3) is 0.474. The number of methoxy groups -OCH3 is 2. The van der Waals surface area contributed by atoms with Crippen molar-refractivity contribution in [3.8, 4) is 11.5 Å². The minimum Gasteiger partial charge on any atom is -0.497 e. The van der Waals surface area contributed by atoms with Gasteiger partial charge in [0, 0.05) is 10.8 Å². The van der Waals surface area contributed by atoms with Crippen molar-refractivity contribution in [2.24, 2.45) is 0 Å². The molecule has 0 amide bonds. The fourth-order valence-corrected chi connectivity index (χ4v) is 20.8. The summed E-state index contributed by atoms with van der Waals surface area (Å²) >= 11 is 15.2. The molecule has 2 aromatic heterocycles. The van der Waals surface area contributed by atoms with Crippen molar-refractivity contribution in [1.82, 2.24) is 19.9 Å². The maximum absolute atomic E-state index is 5.90. The third kappa shape index (κ3) is 13.2. The molecule has 4 rings (SSSR count). The van der Waals surface area contributed by atoms with Gasteiger partial charge in [0.15, 0.2) is 0 Å². The van der Waals surface area contributed by atoms with Gasteiger partial charge in [0.2, 0.25) is 10.6 Å². The van der Waals surface area contributed by atoms with Gasteiger partial charge in [-0.05, 0) is 66.5 Å². The first-order valence-electron chi connectivity index (χ1n) is 17.3. The average Bonchev–Trinajstić information content (AvgIpc) is 3.11. The molecule has 0 spiro atoms. The molecule has 0 aliphatic carbocycles. The molecule has 0 unspecified atom stereocenters. The molecule has 0 N–H and O–H groups in total. The van der Waals surface area contributed by atoms with Crippen molar-refractivity contribution in [1.29, 1.82) is 0 Å². The first-order chi connectivity index (χ1) is 24.0. The zero-order valence-electron chi connectivity index (χ0n) is 30.7. The topological polar surface area (TPSA) is 88.5 Å². The summed E-state index contributed by atoms with van der Waals surface area (Å²) < 4.78 is 27.2. The summed E-state index contributed by atoms with van der Waals surface area (Å²) in [4.78, 5) is 16.2. The zero-order valence-corrected chi connectivity index (χ0v) is 35.8. The molecule has 12 heteroatoms. The molecule has 0 atom stereocenters. The number of halogens is 3. The number of ether oxygens (including phenoxy) is 4. The van der Waals surface area contributed by atoms with Crippen LogP contribution in [0.25, 0.3) is 27.6 Å². The van der Waals surface area contributed by atoms with Crippen LogP contribution < -0.4 is 9.47 Å². The minimum atomic E-state index is -2.24. The van der Waals surface area contributed by atoms with Crippen LogP contribution in [0.3, 0.4) is 0 Å². The van der Waals surface area contributed by atoms with Crippen LogP contribution in [0, 0.1) is 0 Å². The Morgan fingerprint density at radius 1 is 0.640 bits per heavy atom. The predicted molar refractivity (Wildman–Crippen MR) is 214 cm³/mol. The van der Waals surface area contributed by atoms with Crippen molar-refractivity contribution in [2.45, 2.75) is 86.5 Å². The third-order valence-electron chi connectivity index (χ3n) is 8.22. The van der Waals surface area contributed by atoms with Crippen LogP contribution in [0.1, 0.15) is 78.8 Å². The van der Waals surface area contributed by atoms with E-state index in [0.717, 1.165) is 28.6 Å². The van der Waals surface area contributed by atoms with Gasteiger partial charge in [-0.2, -0.15) is 0 Å². The molecule has 0 aliphatic rings. The summed E-state index contributed by atoms with van der Waals surface area (Å²) in [5, 5.41) is 2.18. The second-order valence-corrected chi connectivity index (χ2v) is 25.9. The number of hydrogen-bond donors (Lipinski definition) is 0. The van der Waals surface area contributed by atoms with Gasteiger partial charge in [-0.3, -0.25) is 0 Å². The summed E-state index contributed by atoms with van der Waals surface area (Å²) in [6.07, 6.45) is 8.10. The molecular weight excluding hydrogens is 802 g/mol. The Balaban J connectivity index is 0.000000262. The molecule has 0 saturated heterocycles. The molecule has 274 valence electrons. The van der Waals surface area contributed by atoms with E-state index in [1.54, 1.807) is 32.4 Å². The van der Waals surface area contributed by atoms with E-state index in [2.05, 4.69) is 60.8 Å². The molecule has 50 heavy (non-hydrogen) atoms. The number of aromatic nitrogens is 4. The largest absolute Gasteiger partial charge is 0.497 e. The van der Waals surface area contributed by atoms with E-state index in [1.807, 2.05) is 25.1 Å². The summed E-state index contributed by atoms with van der Waals surface area (Å²) in [5.74, 6) is 1.91. The maximum Gasteiger partial charge on any atom is 0.224 e. The van der Waals surface area contributed by atoms with Crippen LogP contribution in [0.4, 0.5) is 0 Å². The number of fused-ring (bicyclic) bond motifs is 2. The molecule has 8 nitrogen and oxygen atoms in total. The summed E-state index contributed by atoms with van der Waals surface area (Å²) in [5.41, 5.74) is 2.02. The van der Waals surface area contributed by atoms with Crippen LogP contribution >= 0.6 is 34.8 Å². The molecule has 4 aromatic rings. The number of hydrogen-bond acceptors (Lipinski definition) is 8. The van der Waals surface area contributed by atoms with Crippen molar-refractivity contribution in [3.05, 3.63) is 74.7 Å². The van der Waals surface area contributed by atoms with Gasteiger partial charge in [-0.25, -0.2) is 19.9 Å². The van der Waals surface area contributed by atoms with E-state index in [0.29, 0.717) is 34.5 Å². The van der Waals surface area contributed by atoms with Gasteiger partial charge in [-0.1, -0.05) is 18.2 Å². The Morgan fingerprint density at radius 3 is 1.56 bits per heavy atom. The molecule has 0 radical (unpaired) electrons. The Morgan fingerprint density at radius 2 is 1.10 bits per heavy atom. The Bertz CT molecular complexity index is 1650. The molecular formula is C38H53Cl3N4O4Sn. The van der Waals surface area contributed by atoms with Crippen molar-refractivity contribution in [2.75, 3.05) is 27.4 Å². The van der Waals surface area contributed by atoms with E-state index < -0.39 is 18.4 Å². The van der Waals surface area contributed by atoms with Crippen molar-refractivity contribution in [3.63, 3.8) is 0 Å². The standard InChI is InChI=1S/C13H13ClN2O2.C9H6Cl2N2O.C4H7O.3C4H9.Sn/c1-4-18-8(2)12-10-7-9(17-3)5-6-11(10)15-13(14)16-12;1-14-5-2-3-7-6(4-5)8(10)13-9(11)12-7;1-3-5-4-2;3*1-3-4-2;/h5-7H,2,4H2,1,3H3;2-4H,1H3;1,4H2,2H3;3*1,3-4H2,2H3;. The van der Waals surface area contributed by atoms with Crippen LogP contribution in [-0.2, 0) is 9.47 Å². The fourth-order valence-electron chi connectivity index (χ4n) is 5.50. The minimum absolute atomic E-state index is 0.146. The van der Waals surface area contributed by atoms with E-state index in [9.17, 15) is 0 Å². The van der Waals surface area contributed by atoms with Gasteiger partial charge in [0.05, 0.1) is 31.9 Å². The zero-order chi connectivity index (χ0) is 37.1. The average molecular weight is 855 g/mol. The van der Waals surface area contributed by atoms with Gasteiger partial charge >= 0.3 is 120 Å². The second kappa shape index (κ2) is 23.1. The van der Waals surface area contributed by atoms with E-state index in [1.165, 1.54) is 55.6 Å². The van der Waals surface area contributed by atoms with Crippen LogP contribution in [0.15, 0.2) is 53.3 Å². The summed E-state index contributed by atoms with van der Waals surface area (Å²) in [7, 11) is 3.20. The number of rotatable bonds is 17. The number of nitrogens with zero attached hydrogens (tertiary/aromatic N) is 4. The summed E-state index contributed by atoms with van der Waals surface area (Å²) in [6.45, 7) is 20.4. The smallest absolute Gasteiger partial charge is 0.224 e. The third-order valence-corrected chi connectivity index (χ3v) is 23.9. The van der Waals surface area contributed by atoms with Crippen molar-refractivity contribution < 1.29 is 18.9 Å². The molecule has 0 bridgehead atoms. The molecule has 2 aromatic carbocycles. The molecule has 2 heterocycles. The first-order valence-corrected chi connectivity index (χ1v) is 26.0. The van der Waals surface area contributed by atoms with Gasteiger partial charge in [-0.15, -0.1) is 0 Å². The van der Waals surface area contributed by atoms with Gasteiger partial charge < -0.3 is 14.2 Å². The second-order valence-electron chi connectivity index (χ2n) is 11.7. The summed E-state index contributed by atoms with van der Waals surface area (Å²) in [6, 6.07) is 10.8. The molecule has 0 fully saturated rings. The number of benzene rings is 2. The van der Waals surface area contributed by atoms with Gasteiger partial charge in [0.1, 0.15) is 28.1 Å². The quantitative estimate of drug-likeness (QED) is 0.0449. The van der Waals surface area contributed by atoms with Crippen LogP contribution in [0.5, 0.6) is 11.5 Å². The Kier molecular flexibility index (Phi) is 20.2. The van der Waals surface area contributed by atoms with Crippen LogP contribution in [0.2, 0.25) is 29.0 Å². The van der Waals surface area contributed by atoms with Crippen LogP contribution in [-0.4, -0.2) is 65.7 Å². The monoisotopic (exact) mass is 854 g/mol. The van der Waals surface area contributed by atoms with E-state index in [-0.39, 0.29) is 10.6 Å². The Labute approximate surface area is 317 Å². The normalized spacial score (nSPS) is 10.8. The molecule has 0 aliphatic heterocycles. The van der Waals surface area contributed by atoms with Gasteiger partial charge in [0.25, 0.3) is 0 Å². The molecule has 0 saturated carbocycles. The first kappa shape index (κ1) is 43.6. The van der Waals surface area contributed by atoms with E-state index >= 15 is 0 Å². The number of unbranched alkanes of at least 4 members (excludes halogenated alkanes) is 3. The Hall–Kier alpha value is -2.53. The predicted octanol–water partition coefficient (Wildman–Crippen LogP) is 12.2. The van der Waals surface area contributed by atoms with Crippen molar-refractivity contribution >= 4 is 80.7 Å².